The number of Topliss-reactive ketones (excluding diaryl/α,β-unsaturated/α-hetero) is 1. The van der Waals surface area contributed by atoms with Gasteiger partial charge in [0.05, 0.1) is 0 Å². The summed E-state index contributed by atoms with van der Waals surface area (Å²) >= 11 is 3.32. The van der Waals surface area contributed by atoms with Crippen LogP contribution >= 0.6 is 15.9 Å². The first kappa shape index (κ1) is 13.9. The molecule has 0 saturated heterocycles. The summed E-state index contributed by atoms with van der Waals surface area (Å²) < 4.78 is 13.9. The van der Waals surface area contributed by atoms with E-state index in [9.17, 15) is 9.18 Å². The third kappa shape index (κ3) is 4.24. The smallest absolute Gasteiger partial charge is 0.137 e. The van der Waals surface area contributed by atoms with Crippen LogP contribution in [-0.2, 0) is 17.6 Å². The lowest BCUT2D eigenvalue weighted by Crippen LogP contribution is -2.05. The molecule has 0 spiro atoms. The van der Waals surface area contributed by atoms with Gasteiger partial charge in [-0.05, 0) is 42.3 Å². The van der Waals surface area contributed by atoms with Gasteiger partial charge >= 0.3 is 0 Å². The van der Waals surface area contributed by atoms with Gasteiger partial charge in [-0.3, -0.25) is 9.78 Å². The van der Waals surface area contributed by atoms with E-state index in [2.05, 4.69) is 20.9 Å². The van der Waals surface area contributed by atoms with Crippen LogP contribution in [0.2, 0.25) is 0 Å². The van der Waals surface area contributed by atoms with Gasteiger partial charge in [-0.15, -0.1) is 0 Å². The molecule has 0 radical (unpaired) electrons. The zero-order chi connectivity index (χ0) is 13.7. The van der Waals surface area contributed by atoms with Crippen molar-refractivity contribution in [1.29, 1.82) is 0 Å². The Balaban J connectivity index is 1.93. The molecule has 0 fully saturated rings. The summed E-state index contributed by atoms with van der Waals surface area (Å²) in [5.41, 5.74) is 1.58. The largest absolute Gasteiger partial charge is 0.299 e. The average Bonchev–Trinajstić information content (AvgIpc) is 2.42. The highest BCUT2D eigenvalue weighted by Crippen LogP contribution is 2.19. The lowest BCUT2D eigenvalue weighted by molar-refractivity contribution is -0.118. The number of pyridine rings is 1. The van der Waals surface area contributed by atoms with E-state index in [-0.39, 0.29) is 18.0 Å². The van der Waals surface area contributed by atoms with Gasteiger partial charge in [0.25, 0.3) is 0 Å². The molecule has 0 aliphatic rings. The number of ketones is 1. The minimum absolute atomic E-state index is 0.0805. The highest BCUT2D eigenvalue weighted by molar-refractivity contribution is 9.10. The summed E-state index contributed by atoms with van der Waals surface area (Å²) in [6, 6.07) is 10.0. The van der Waals surface area contributed by atoms with Crippen LogP contribution in [0.15, 0.2) is 47.1 Å². The molecule has 1 heterocycles. The van der Waals surface area contributed by atoms with E-state index in [0.717, 1.165) is 10.2 Å². The topological polar surface area (TPSA) is 30.0 Å². The summed E-state index contributed by atoms with van der Waals surface area (Å²) in [7, 11) is 0. The van der Waals surface area contributed by atoms with Crippen LogP contribution in [0.25, 0.3) is 0 Å². The van der Waals surface area contributed by atoms with Crippen LogP contribution in [0.5, 0.6) is 0 Å². The Labute approximate surface area is 119 Å². The fraction of sp³-hybridized carbons (Fsp3) is 0.200. The van der Waals surface area contributed by atoms with Crippen molar-refractivity contribution in [2.45, 2.75) is 19.3 Å². The number of halogens is 2. The Morgan fingerprint density at radius 2 is 2.11 bits per heavy atom. The molecular formula is C15H13BrFNO. The first-order chi connectivity index (χ1) is 9.15. The van der Waals surface area contributed by atoms with Gasteiger partial charge < -0.3 is 0 Å². The summed E-state index contributed by atoms with van der Waals surface area (Å²) in [5, 5.41) is 0. The molecule has 0 atom stereocenters. The number of benzene rings is 1. The predicted octanol–water partition coefficient (Wildman–Crippen LogP) is 3.73. The fourth-order valence-electron chi connectivity index (χ4n) is 1.79. The number of carbonyl (C=O) groups excluding carboxylic acids is 1. The highest BCUT2D eigenvalue weighted by Gasteiger charge is 2.08. The number of rotatable bonds is 5. The zero-order valence-corrected chi connectivity index (χ0v) is 11.9. The molecule has 0 unspecified atom stereocenters. The maximum absolute atomic E-state index is 13.1. The molecule has 2 rings (SSSR count). The summed E-state index contributed by atoms with van der Waals surface area (Å²) in [5.74, 6) is -0.243. The van der Waals surface area contributed by atoms with Gasteiger partial charge in [0, 0.05) is 29.2 Å². The number of hydrogen-bond donors (Lipinski definition) is 0. The average molecular weight is 322 g/mol. The zero-order valence-electron chi connectivity index (χ0n) is 10.3. The molecule has 2 nitrogen and oxygen atoms in total. The van der Waals surface area contributed by atoms with E-state index in [1.54, 1.807) is 12.3 Å². The fourth-order valence-corrected chi connectivity index (χ4v) is 2.18. The second-order valence-corrected chi connectivity index (χ2v) is 5.13. The molecular weight excluding hydrogens is 309 g/mol. The molecule has 1 aromatic carbocycles. The third-order valence-electron chi connectivity index (χ3n) is 2.78. The SMILES string of the molecule is O=C(CCc1ccccn1)Cc1cc(F)ccc1Br. The molecule has 0 bridgehead atoms. The summed E-state index contributed by atoms with van der Waals surface area (Å²) in [4.78, 5) is 16.0. The third-order valence-corrected chi connectivity index (χ3v) is 3.56. The number of carbonyl (C=O) groups is 1. The van der Waals surface area contributed by atoms with E-state index < -0.39 is 0 Å². The molecule has 98 valence electrons. The number of aromatic nitrogens is 1. The lowest BCUT2D eigenvalue weighted by Gasteiger charge is -2.04. The Morgan fingerprint density at radius 1 is 1.26 bits per heavy atom. The van der Waals surface area contributed by atoms with Crippen molar-refractivity contribution in [3.63, 3.8) is 0 Å². The molecule has 4 heteroatoms. The van der Waals surface area contributed by atoms with E-state index in [0.29, 0.717) is 18.4 Å². The van der Waals surface area contributed by atoms with Crippen LogP contribution in [0, 0.1) is 5.82 Å². The summed E-state index contributed by atoms with van der Waals surface area (Å²) in [6.07, 6.45) is 2.99. The first-order valence-electron chi connectivity index (χ1n) is 6.00. The molecule has 0 amide bonds. The molecule has 2 aromatic rings. The van der Waals surface area contributed by atoms with Gasteiger partial charge in [0.2, 0.25) is 0 Å². The molecule has 0 aliphatic carbocycles. The van der Waals surface area contributed by atoms with Gasteiger partial charge in [-0.2, -0.15) is 0 Å². The van der Waals surface area contributed by atoms with Gasteiger partial charge in [0.15, 0.2) is 0 Å². The van der Waals surface area contributed by atoms with E-state index >= 15 is 0 Å². The molecule has 0 N–H and O–H groups in total. The van der Waals surface area contributed by atoms with E-state index in [1.807, 2.05) is 18.2 Å². The standard InChI is InChI=1S/C15H13BrFNO/c16-15-7-4-12(17)9-11(15)10-14(19)6-5-13-3-1-2-8-18-13/h1-4,7-9H,5-6,10H2. The van der Waals surface area contributed by atoms with Crippen molar-refractivity contribution >= 4 is 21.7 Å². The van der Waals surface area contributed by atoms with Crippen LogP contribution in [0.4, 0.5) is 4.39 Å². The minimum atomic E-state index is -0.323. The summed E-state index contributed by atoms with van der Waals surface area (Å²) in [6.45, 7) is 0. The van der Waals surface area contributed by atoms with Crippen molar-refractivity contribution in [3.8, 4) is 0 Å². The maximum atomic E-state index is 13.1. The predicted molar refractivity (Wildman–Crippen MR) is 75.4 cm³/mol. The first-order valence-corrected chi connectivity index (χ1v) is 6.80. The number of aryl methyl sites for hydroxylation is 1. The van der Waals surface area contributed by atoms with Crippen molar-refractivity contribution in [2.75, 3.05) is 0 Å². The number of hydrogen-bond acceptors (Lipinski definition) is 2. The van der Waals surface area contributed by atoms with E-state index in [1.165, 1.54) is 12.1 Å². The van der Waals surface area contributed by atoms with Gasteiger partial charge in [-0.25, -0.2) is 4.39 Å². The normalized spacial score (nSPS) is 10.4. The van der Waals surface area contributed by atoms with Gasteiger partial charge in [0.1, 0.15) is 11.6 Å². The second-order valence-electron chi connectivity index (χ2n) is 4.27. The quantitative estimate of drug-likeness (QED) is 0.840. The van der Waals surface area contributed by atoms with Crippen LogP contribution in [0.3, 0.4) is 0 Å². The Kier molecular flexibility index (Phi) is 4.80. The number of nitrogens with zero attached hydrogens (tertiary/aromatic N) is 1. The lowest BCUT2D eigenvalue weighted by atomic mass is 10.0. The van der Waals surface area contributed by atoms with Crippen LogP contribution in [-0.4, -0.2) is 10.8 Å². The van der Waals surface area contributed by atoms with Crippen molar-refractivity contribution in [1.82, 2.24) is 4.98 Å². The second kappa shape index (κ2) is 6.57. The van der Waals surface area contributed by atoms with E-state index in [4.69, 9.17) is 0 Å². The Bertz CT molecular complexity index is 572. The van der Waals surface area contributed by atoms with Crippen LogP contribution < -0.4 is 0 Å². The molecule has 19 heavy (non-hydrogen) atoms. The minimum Gasteiger partial charge on any atom is -0.299 e. The van der Waals surface area contributed by atoms with Crippen LogP contribution in [0.1, 0.15) is 17.7 Å². The monoisotopic (exact) mass is 321 g/mol. The maximum Gasteiger partial charge on any atom is 0.137 e. The Hall–Kier alpha value is -1.55. The van der Waals surface area contributed by atoms with Gasteiger partial charge in [-0.1, -0.05) is 22.0 Å². The molecule has 1 aromatic heterocycles. The van der Waals surface area contributed by atoms with Crippen molar-refractivity contribution in [3.05, 3.63) is 64.1 Å². The Morgan fingerprint density at radius 3 is 2.84 bits per heavy atom. The highest BCUT2D eigenvalue weighted by atomic mass is 79.9. The van der Waals surface area contributed by atoms with Crippen molar-refractivity contribution < 1.29 is 9.18 Å². The molecule has 0 saturated carbocycles. The van der Waals surface area contributed by atoms with Crippen molar-refractivity contribution in [2.24, 2.45) is 0 Å². The molecule has 0 aliphatic heterocycles.